The van der Waals surface area contributed by atoms with Gasteiger partial charge in [-0.05, 0) is 18.3 Å². The van der Waals surface area contributed by atoms with Crippen molar-refractivity contribution >= 4 is 15.7 Å². The molecule has 1 fully saturated rings. The van der Waals surface area contributed by atoms with Crippen molar-refractivity contribution in [2.75, 3.05) is 18.6 Å². The smallest absolute Gasteiger partial charge is 0.237 e. The Hall–Kier alpha value is -0.620. The molecule has 0 aromatic carbocycles. The number of rotatable bonds is 5. The second-order valence-electron chi connectivity index (χ2n) is 6.63. The number of nitrogens with two attached hydrogens (primary N) is 1. The molecule has 0 spiro atoms. The lowest BCUT2D eigenvalue weighted by atomic mass is 9.87. The Kier molecular flexibility index (Phi) is 4.13. The van der Waals surface area contributed by atoms with Gasteiger partial charge in [0.2, 0.25) is 5.91 Å². The van der Waals surface area contributed by atoms with Crippen LogP contribution in [0.25, 0.3) is 0 Å². The minimum absolute atomic E-state index is 0.144. The van der Waals surface area contributed by atoms with Gasteiger partial charge in [0.05, 0.1) is 11.8 Å². The molecule has 1 amide bonds. The quantitative estimate of drug-likeness (QED) is 0.756. The minimum Gasteiger partial charge on any atom is -0.354 e. The van der Waals surface area contributed by atoms with E-state index in [1.54, 1.807) is 0 Å². The summed E-state index contributed by atoms with van der Waals surface area (Å²) < 4.78 is 22.6. The van der Waals surface area contributed by atoms with E-state index >= 15 is 0 Å². The fourth-order valence-electron chi connectivity index (χ4n) is 1.88. The monoisotopic (exact) mass is 276 g/mol. The highest BCUT2D eigenvalue weighted by Gasteiger charge is 2.45. The van der Waals surface area contributed by atoms with Gasteiger partial charge in [-0.1, -0.05) is 20.8 Å². The SMILES string of the molecule is CC(C)(C)[C@H](N)C(=O)NCC1(CS(C)(=O)=O)CC1. The molecule has 1 rings (SSSR count). The van der Waals surface area contributed by atoms with Gasteiger partial charge in [-0.3, -0.25) is 4.79 Å². The van der Waals surface area contributed by atoms with E-state index < -0.39 is 15.9 Å². The highest BCUT2D eigenvalue weighted by molar-refractivity contribution is 7.90. The van der Waals surface area contributed by atoms with E-state index in [0.717, 1.165) is 12.8 Å². The summed E-state index contributed by atoms with van der Waals surface area (Å²) >= 11 is 0. The van der Waals surface area contributed by atoms with Crippen molar-refractivity contribution in [1.82, 2.24) is 5.32 Å². The maximum atomic E-state index is 11.8. The predicted octanol–water partition coefficient (Wildman–Crippen LogP) is 0.301. The lowest BCUT2D eigenvalue weighted by Gasteiger charge is -2.26. The van der Waals surface area contributed by atoms with Gasteiger partial charge in [0.15, 0.2) is 0 Å². The van der Waals surface area contributed by atoms with Crippen molar-refractivity contribution in [3.8, 4) is 0 Å². The first-order valence-corrected chi connectivity index (χ1v) is 8.22. The molecule has 0 radical (unpaired) electrons. The number of hydrogen-bond acceptors (Lipinski definition) is 4. The third-order valence-electron chi connectivity index (χ3n) is 3.38. The largest absolute Gasteiger partial charge is 0.354 e. The van der Waals surface area contributed by atoms with Gasteiger partial charge in [-0.2, -0.15) is 0 Å². The van der Waals surface area contributed by atoms with Crippen LogP contribution in [0.15, 0.2) is 0 Å². The molecule has 5 nitrogen and oxygen atoms in total. The van der Waals surface area contributed by atoms with E-state index in [-0.39, 0.29) is 22.5 Å². The Bertz CT molecular complexity index is 419. The molecular formula is C12H24N2O3S. The van der Waals surface area contributed by atoms with Crippen molar-refractivity contribution in [2.24, 2.45) is 16.6 Å². The number of hydrogen-bond donors (Lipinski definition) is 2. The number of amides is 1. The topological polar surface area (TPSA) is 89.3 Å². The van der Waals surface area contributed by atoms with Crippen LogP contribution in [-0.4, -0.2) is 38.9 Å². The Morgan fingerprint density at radius 3 is 2.22 bits per heavy atom. The van der Waals surface area contributed by atoms with Gasteiger partial charge in [-0.15, -0.1) is 0 Å². The average Bonchev–Trinajstić information content (AvgIpc) is 2.89. The molecule has 1 saturated carbocycles. The molecule has 1 aliphatic rings. The predicted molar refractivity (Wildman–Crippen MR) is 71.8 cm³/mol. The lowest BCUT2D eigenvalue weighted by Crippen LogP contribution is -2.50. The summed E-state index contributed by atoms with van der Waals surface area (Å²) in [6, 6.07) is -0.577. The molecule has 1 atom stereocenters. The summed E-state index contributed by atoms with van der Waals surface area (Å²) in [6.45, 7) is 6.12. The van der Waals surface area contributed by atoms with Crippen molar-refractivity contribution in [3.63, 3.8) is 0 Å². The fraction of sp³-hybridized carbons (Fsp3) is 0.917. The summed E-state index contributed by atoms with van der Waals surface area (Å²) in [5.41, 5.74) is 5.30. The number of nitrogens with one attached hydrogen (secondary N) is 1. The van der Waals surface area contributed by atoms with Crippen molar-refractivity contribution in [1.29, 1.82) is 0 Å². The van der Waals surface area contributed by atoms with Crippen LogP contribution in [0.3, 0.4) is 0 Å². The Balaban J connectivity index is 2.49. The van der Waals surface area contributed by atoms with Gasteiger partial charge in [0.25, 0.3) is 0 Å². The average molecular weight is 276 g/mol. The van der Waals surface area contributed by atoms with Crippen LogP contribution in [0, 0.1) is 10.8 Å². The molecule has 0 bridgehead atoms. The molecule has 3 N–H and O–H groups in total. The lowest BCUT2D eigenvalue weighted by molar-refractivity contribution is -0.124. The summed E-state index contributed by atoms with van der Waals surface area (Å²) in [4.78, 5) is 11.8. The molecule has 0 aromatic heterocycles. The summed E-state index contributed by atoms with van der Waals surface area (Å²) in [5.74, 6) is -0.0623. The normalized spacial score (nSPS) is 20.3. The van der Waals surface area contributed by atoms with Crippen molar-refractivity contribution in [2.45, 2.75) is 39.7 Å². The molecular weight excluding hydrogens is 252 g/mol. The number of sulfone groups is 1. The second-order valence-corrected chi connectivity index (χ2v) is 8.77. The van der Waals surface area contributed by atoms with E-state index in [2.05, 4.69) is 5.32 Å². The molecule has 0 heterocycles. The highest BCUT2D eigenvalue weighted by atomic mass is 32.2. The van der Waals surface area contributed by atoms with E-state index in [0.29, 0.717) is 6.54 Å². The van der Waals surface area contributed by atoms with Gasteiger partial charge < -0.3 is 11.1 Å². The van der Waals surface area contributed by atoms with E-state index in [1.165, 1.54) is 6.26 Å². The van der Waals surface area contributed by atoms with E-state index in [9.17, 15) is 13.2 Å². The zero-order chi connectivity index (χ0) is 14.2. The maximum Gasteiger partial charge on any atom is 0.237 e. The molecule has 6 heteroatoms. The third-order valence-corrected chi connectivity index (χ3v) is 4.52. The van der Waals surface area contributed by atoms with Crippen molar-refractivity contribution in [3.05, 3.63) is 0 Å². The van der Waals surface area contributed by atoms with Crippen LogP contribution in [0.1, 0.15) is 33.6 Å². The first-order chi connectivity index (χ1) is 7.95. The molecule has 106 valence electrons. The van der Waals surface area contributed by atoms with Gasteiger partial charge >= 0.3 is 0 Å². The van der Waals surface area contributed by atoms with Crippen LogP contribution in [0.4, 0.5) is 0 Å². The first-order valence-electron chi connectivity index (χ1n) is 6.16. The van der Waals surface area contributed by atoms with Gasteiger partial charge in [0.1, 0.15) is 9.84 Å². The fourth-order valence-corrected chi connectivity index (χ4v) is 3.39. The highest BCUT2D eigenvalue weighted by Crippen LogP contribution is 2.46. The third kappa shape index (κ3) is 4.57. The van der Waals surface area contributed by atoms with E-state index in [4.69, 9.17) is 5.73 Å². The van der Waals surface area contributed by atoms with Crippen LogP contribution in [0.5, 0.6) is 0 Å². The summed E-state index contributed by atoms with van der Waals surface area (Å²) in [6.07, 6.45) is 2.94. The van der Waals surface area contributed by atoms with Crippen LogP contribution < -0.4 is 11.1 Å². The first kappa shape index (κ1) is 15.4. The molecule has 0 saturated heterocycles. The summed E-state index contributed by atoms with van der Waals surface area (Å²) in [5, 5.41) is 2.79. The molecule has 1 aliphatic carbocycles. The molecule has 18 heavy (non-hydrogen) atoms. The van der Waals surface area contributed by atoms with E-state index in [1.807, 2.05) is 20.8 Å². The van der Waals surface area contributed by atoms with Gasteiger partial charge in [0, 0.05) is 18.2 Å². The number of carbonyl (C=O) groups is 1. The van der Waals surface area contributed by atoms with Crippen LogP contribution in [-0.2, 0) is 14.6 Å². The standard InChI is InChI=1S/C12H24N2O3S/c1-11(2,3)9(13)10(15)14-7-12(5-6-12)8-18(4,16)17/h9H,5-8,13H2,1-4H3,(H,14,15)/t9-/m1/s1. The molecule has 0 aromatic rings. The Morgan fingerprint density at radius 1 is 1.39 bits per heavy atom. The zero-order valence-electron chi connectivity index (χ0n) is 11.6. The second kappa shape index (κ2) is 4.81. The summed E-state index contributed by atoms with van der Waals surface area (Å²) in [7, 11) is -3.00. The minimum atomic E-state index is -3.00. The zero-order valence-corrected chi connectivity index (χ0v) is 12.4. The van der Waals surface area contributed by atoms with Crippen LogP contribution in [0.2, 0.25) is 0 Å². The Morgan fingerprint density at radius 2 is 1.89 bits per heavy atom. The maximum absolute atomic E-state index is 11.8. The number of carbonyl (C=O) groups excluding carboxylic acids is 1. The van der Waals surface area contributed by atoms with Gasteiger partial charge in [-0.25, -0.2) is 8.42 Å². The molecule has 0 aliphatic heterocycles. The molecule has 0 unspecified atom stereocenters. The Labute approximate surface area is 109 Å². The van der Waals surface area contributed by atoms with Crippen LogP contribution >= 0.6 is 0 Å². The van der Waals surface area contributed by atoms with Crippen molar-refractivity contribution < 1.29 is 13.2 Å².